The third-order valence-corrected chi connectivity index (χ3v) is 4.01. The van der Waals surface area contributed by atoms with Gasteiger partial charge in [-0.05, 0) is 36.6 Å². The van der Waals surface area contributed by atoms with Gasteiger partial charge in [0.25, 0.3) is 0 Å². The number of imide groups is 1. The molecule has 0 saturated heterocycles. The van der Waals surface area contributed by atoms with Crippen LogP contribution >= 0.6 is 23.2 Å². The van der Waals surface area contributed by atoms with Crippen molar-refractivity contribution in [2.45, 2.75) is 25.9 Å². The summed E-state index contributed by atoms with van der Waals surface area (Å²) in [6.45, 7) is 2.96. The minimum Gasteiger partial charge on any atom is -0.351 e. The molecule has 2 rings (SSSR count). The molecule has 3 N–H and O–H groups in total. The lowest BCUT2D eigenvalue weighted by Gasteiger charge is -2.33. The second kappa shape index (κ2) is 5.99. The molecule has 1 heterocycles. The minimum atomic E-state index is -0.843. The molecule has 0 spiro atoms. The number of halogens is 2. The zero-order chi connectivity index (χ0) is 14.9. The van der Waals surface area contributed by atoms with Crippen molar-refractivity contribution in [3.05, 3.63) is 33.3 Å². The Morgan fingerprint density at radius 2 is 2.10 bits per heavy atom. The summed E-state index contributed by atoms with van der Waals surface area (Å²) in [5.74, 6) is -0.411. The van der Waals surface area contributed by atoms with Crippen LogP contribution in [0.15, 0.2) is 12.1 Å². The first-order valence-electron chi connectivity index (χ1n) is 6.19. The van der Waals surface area contributed by atoms with Crippen molar-refractivity contribution in [3.8, 4) is 0 Å². The Bertz CT molecular complexity index is 563. The van der Waals surface area contributed by atoms with Crippen LogP contribution in [0.1, 0.15) is 18.1 Å². The molecule has 0 saturated carbocycles. The molecule has 0 bridgehead atoms. The second-order valence-corrected chi connectivity index (χ2v) is 5.62. The Balaban J connectivity index is 2.15. The summed E-state index contributed by atoms with van der Waals surface area (Å²) in [6, 6.07) is 2.29. The standard InChI is InChI=1S/C13H15Cl2N3O2/c1-7(12(19)17-13(16)20)18-3-2-8-4-9(14)5-11(15)10(8)6-18/h4-5,7H,2-3,6H2,1H3,(H3,16,17,19,20). The maximum absolute atomic E-state index is 11.8. The van der Waals surface area contributed by atoms with Crippen molar-refractivity contribution < 1.29 is 9.59 Å². The SMILES string of the molecule is CC(C(=O)NC(N)=O)N1CCc2cc(Cl)cc(Cl)c2C1. The van der Waals surface area contributed by atoms with Crippen LogP contribution in [0.3, 0.4) is 0 Å². The van der Waals surface area contributed by atoms with E-state index in [1.165, 1.54) is 0 Å². The number of urea groups is 1. The summed E-state index contributed by atoms with van der Waals surface area (Å²) >= 11 is 12.2. The van der Waals surface area contributed by atoms with Crippen LogP contribution in [0.2, 0.25) is 10.0 Å². The van der Waals surface area contributed by atoms with Gasteiger partial charge in [-0.25, -0.2) is 4.79 Å². The summed E-state index contributed by atoms with van der Waals surface area (Å²) in [6.07, 6.45) is 0.754. The van der Waals surface area contributed by atoms with Crippen LogP contribution in [-0.4, -0.2) is 29.4 Å². The quantitative estimate of drug-likeness (QED) is 0.875. The molecule has 108 valence electrons. The van der Waals surface area contributed by atoms with E-state index in [4.69, 9.17) is 28.9 Å². The lowest BCUT2D eigenvalue weighted by atomic mass is 9.98. The lowest BCUT2D eigenvalue weighted by molar-refractivity contribution is -0.125. The largest absolute Gasteiger partial charge is 0.351 e. The fourth-order valence-corrected chi connectivity index (χ4v) is 2.92. The highest BCUT2D eigenvalue weighted by molar-refractivity contribution is 6.35. The number of hydrogen-bond acceptors (Lipinski definition) is 3. The number of benzene rings is 1. The summed E-state index contributed by atoms with van der Waals surface area (Å²) < 4.78 is 0. The Hall–Kier alpha value is -1.30. The van der Waals surface area contributed by atoms with Crippen molar-refractivity contribution in [1.82, 2.24) is 10.2 Å². The van der Waals surface area contributed by atoms with E-state index in [1.807, 2.05) is 11.0 Å². The highest BCUT2D eigenvalue weighted by Gasteiger charge is 2.27. The topological polar surface area (TPSA) is 75.4 Å². The molecule has 1 unspecified atom stereocenters. The zero-order valence-corrected chi connectivity index (χ0v) is 12.5. The van der Waals surface area contributed by atoms with Gasteiger partial charge in [-0.2, -0.15) is 0 Å². The van der Waals surface area contributed by atoms with Gasteiger partial charge in [0.2, 0.25) is 5.91 Å². The summed E-state index contributed by atoms with van der Waals surface area (Å²) in [4.78, 5) is 24.5. The van der Waals surface area contributed by atoms with Gasteiger partial charge < -0.3 is 5.73 Å². The van der Waals surface area contributed by atoms with Gasteiger partial charge in [-0.15, -0.1) is 0 Å². The van der Waals surface area contributed by atoms with Gasteiger partial charge in [0.15, 0.2) is 0 Å². The van der Waals surface area contributed by atoms with Gasteiger partial charge in [-0.3, -0.25) is 15.0 Å². The molecule has 0 aliphatic carbocycles. The molecule has 3 amide bonds. The third kappa shape index (κ3) is 3.23. The summed E-state index contributed by atoms with van der Waals surface area (Å²) in [7, 11) is 0. The molecule has 7 heteroatoms. The number of fused-ring (bicyclic) bond motifs is 1. The van der Waals surface area contributed by atoms with Crippen LogP contribution in [0.25, 0.3) is 0 Å². The Labute approximate surface area is 127 Å². The molecule has 20 heavy (non-hydrogen) atoms. The van der Waals surface area contributed by atoms with Crippen molar-refractivity contribution in [1.29, 1.82) is 0 Å². The molecule has 0 fully saturated rings. The van der Waals surface area contributed by atoms with E-state index in [0.717, 1.165) is 17.5 Å². The van der Waals surface area contributed by atoms with Gasteiger partial charge in [0.05, 0.1) is 6.04 Å². The molecule has 0 radical (unpaired) electrons. The van der Waals surface area contributed by atoms with Crippen LogP contribution < -0.4 is 11.1 Å². The predicted octanol–water partition coefficient (Wildman–Crippen LogP) is 1.93. The molecule has 1 aromatic rings. The number of amides is 3. The van der Waals surface area contributed by atoms with E-state index >= 15 is 0 Å². The van der Waals surface area contributed by atoms with Crippen molar-refractivity contribution in [3.63, 3.8) is 0 Å². The number of rotatable bonds is 2. The first-order valence-corrected chi connectivity index (χ1v) is 6.95. The molecule has 5 nitrogen and oxygen atoms in total. The first kappa shape index (κ1) is 15.1. The van der Waals surface area contributed by atoms with Crippen LogP contribution in [0.5, 0.6) is 0 Å². The monoisotopic (exact) mass is 315 g/mol. The van der Waals surface area contributed by atoms with Crippen molar-refractivity contribution in [2.75, 3.05) is 6.54 Å². The van der Waals surface area contributed by atoms with Gasteiger partial charge >= 0.3 is 6.03 Å². The molecule has 1 atom stereocenters. The molecule has 1 aliphatic rings. The highest BCUT2D eigenvalue weighted by atomic mass is 35.5. The van der Waals surface area contributed by atoms with Gasteiger partial charge in [0.1, 0.15) is 0 Å². The second-order valence-electron chi connectivity index (χ2n) is 4.78. The normalized spacial score (nSPS) is 16.4. The average Bonchev–Trinajstić information content (AvgIpc) is 2.36. The molecule has 1 aromatic carbocycles. The van der Waals surface area contributed by atoms with E-state index in [-0.39, 0.29) is 0 Å². The molecule has 0 aromatic heterocycles. The number of hydrogen-bond donors (Lipinski definition) is 2. The predicted molar refractivity (Wildman–Crippen MR) is 77.8 cm³/mol. The number of carbonyl (C=O) groups is 2. The lowest BCUT2D eigenvalue weighted by Crippen LogP contribution is -2.49. The summed E-state index contributed by atoms with van der Waals surface area (Å²) in [5.41, 5.74) is 7.02. The fourth-order valence-electron chi connectivity index (χ4n) is 2.33. The maximum atomic E-state index is 11.8. The summed E-state index contributed by atoms with van der Waals surface area (Å²) in [5, 5.41) is 3.30. The zero-order valence-electron chi connectivity index (χ0n) is 11.0. The maximum Gasteiger partial charge on any atom is 0.318 e. The van der Waals surface area contributed by atoms with E-state index in [1.54, 1.807) is 13.0 Å². The number of carbonyl (C=O) groups excluding carboxylic acids is 2. The highest BCUT2D eigenvalue weighted by Crippen LogP contribution is 2.30. The van der Waals surface area contributed by atoms with E-state index in [9.17, 15) is 9.59 Å². The third-order valence-electron chi connectivity index (χ3n) is 3.46. The minimum absolute atomic E-state index is 0.411. The number of nitrogens with one attached hydrogen (secondary N) is 1. The Kier molecular flexibility index (Phi) is 4.52. The average molecular weight is 316 g/mol. The smallest absolute Gasteiger partial charge is 0.318 e. The van der Waals surface area contributed by atoms with E-state index < -0.39 is 18.0 Å². The molecule has 1 aliphatic heterocycles. The van der Waals surface area contributed by atoms with E-state index in [0.29, 0.717) is 23.1 Å². The Morgan fingerprint density at radius 3 is 2.75 bits per heavy atom. The Morgan fingerprint density at radius 1 is 1.40 bits per heavy atom. The van der Waals surface area contributed by atoms with Crippen LogP contribution in [0, 0.1) is 0 Å². The van der Waals surface area contributed by atoms with E-state index in [2.05, 4.69) is 5.32 Å². The van der Waals surface area contributed by atoms with Gasteiger partial charge in [0, 0.05) is 23.1 Å². The number of nitrogens with zero attached hydrogens (tertiary/aromatic N) is 1. The van der Waals surface area contributed by atoms with Crippen LogP contribution in [0.4, 0.5) is 4.79 Å². The molecular formula is C13H15Cl2N3O2. The van der Waals surface area contributed by atoms with Crippen molar-refractivity contribution in [2.24, 2.45) is 5.73 Å². The van der Waals surface area contributed by atoms with Gasteiger partial charge in [-0.1, -0.05) is 23.2 Å². The molecular weight excluding hydrogens is 301 g/mol. The van der Waals surface area contributed by atoms with Crippen LogP contribution in [-0.2, 0) is 17.8 Å². The van der Waals surface area contributed by atoms with Crippen molar-refractivity contribution >= 4 is 35.1 Å². The first-order chi connectivity index (χ1) is 9.38. The number of nitrogens with two attached hydrogens (primary N) is 1. The number of primary amides is 1. The fraction of sp³-hybridized carbons (Fsp3) is 0.385.